The molecule has 0 nitrogen and oxygen atoms in total. The van der Waals surface area contributed by atoms with Crippen LogP contribution < -0.4 is 0 Å². The van der Waals surface area contributed by atoms with Gasteiger partial charge in [0.05, 0.1) is 0 Å². The Morgan fingerprint density at radius 3 is 2.40 bits per heavy atom. The molecule has 0 radical (unpaired) electrons. The minimum atomic E-state index is 0.771. The summed E-state index contributed by atoms with van der Waals surface area (Å²) >= 11 is 0. The fourth-order valence-corrected chi connectivity index (χ4v) is 6.74. The lowest BCUT2D eigenvalue weighted by molar-refractivity contribution is 0.196. The maximum absolute atomic E-state index is 2.68. The van der Waals surface area contributed by atoms with E-state index in [1.807, 2.05) is 0 Å². The van der Waals surface area contributed by atoms with E-state index >= 15 is 0 Å². The molecule has 2 spiro atoms. The summed E-state index contributed by atoms with van der Waals surface area (Å²) in [6.45, 7) is 0. The fourth-order valence-electron chi connectivity index (χ4n) is 6.74. The number of fused-ring (bicyclic) bond motifs is 7. The summed E-state index contributed by atoms with van der Waals surface area (Å²) in [5, 5.41) is 0. The van der Waals surface area contributed by atoms with E-state index in [9.17, 15) is 0 Å². The molecule has 0 aromatic heterocycles. The monoisotopic (exact) mass is 198 g/mol. The van der Waals surface area contributed by atoms with Crippen LogP contribution in [0.25, 0.3) is 0 Å². The van der Waals surface area contributed by atoms with Gasteiger partial charge in [0.25, 0.3) is 0 Å². The summed E-state index contributed by atoms with van der Waals surface area (Å²) in [4.78, 5) is 0. The maximum Gasteiger partial charge on any atom is -0.00806 e. The average Bonchev–Trinajstić information content (AvgIpc) is 3.07. The zero-order valence-electron chi connectivity index (χ0n) is 9.15. The predicted molar refractivity (Wildman–Crippen MR) is 58.0 cm³/mol. The van der Waals surface area contributed by atoms with Crippen LogP contribution >= 0.6 is 0 Å². The van der Waals surface area contributed by atoms with E-state index in [2.05, 4.69) is 12.2 Å². The maximum atomic E-state index is 2.68. The largest absolute Gasteiger partial charge is 0.0842 e. The third-order valence-corrected chi connectivity index (χ3v) is 7.33. The van der Waals surface area contributed by atoms with Crippen molar-refractivity contribution in [2.75, 3.05) is 0 Å². The highest BCUT2D eigenvalue weighted by Crippen LogP contribution is 2.88. The summed E-state index contributed by atoms with van der Waals surface area (Å²) in [5.74, 6) is 7.01. The van der Waals surface area contributed by atoms with Crippen LogP contribution in [0.5, 0.6) is 0 Å². The van der Waals surface area contributed by atoms with Gasteiger partial charge in [-0.15, -0.1) is 0 Å². The lowest BCUT2D eigenvalue weighted by Gasteiger charge is -2.29. The van der Waals surface area contributed by atoms with Crippen LogP contribution in [0.15, 0.2) is 12.2 Å². The molecular weight excluding hydrogens is 180 g/mol. The fraction of sp³-hybridized carbons (Fsp3) is 0.867. The molecule has 0 aromatic carbocycles. The van der Waals surface area contributed by atoms with Crippen LogP contribution in [0.2, 0.25) is 0 Å². The van der Waals surface area contributed by atoms with Gasteiger partial charge >= 0.3 is 0 Å². The molecule has 6 atom stereocenters. The Labute approximate surface area is 91.1 Å². The second kappa shape index (κ2) is 1.65. The summed E-state index contributed by atoms with van der Waals surface area (Å²) in [5.41, 5.74) is 1.70. The van der Waals surface area contributed by atoms with Gasteiger partial charge in [-0.1, -0.05) is 12.2 Å². The number of rotatable bonds is 0. The zero-order chi connectivity index (χ0) is 9.41. The number of hydrogen-bond donors (Lipinski definition) is 0. The first kappa shape index (κ1) is 7.14. The molecule has 0 aliphatic heterocycles. The first-order valence-corrected chi connectivity index (χ1v) is 7.05. The summed E-state index contributed by atoms with van der Waals surface area (Å²) in [6.07, 6.45) is 13.3. The van der Waals surface area contributed by atoms with E-state index in [0.29, 0.717) is 0 Å². The van der Waals surface area contributed by atoms with Gasteiger partial charge < -0.3 is 0 Å². The van der Waals surface area contributed by atoms with Gasteiger partial charge in [-0.3, -0.25) is 0 Å². The normalized spacial score (nSPS) is 66.1. The molecule has 0 amide bonds. The van der Waals surface area contributed by atoms with Gasteiger partial charge in [0, 0.05) is 0 Å². The van der Waals surface area contributed by atoms with Crippen LogP contribution in [0.4, 0.5) is 0 Å². The SMILES string of the molecule is C1=CC2(CC2)[C@@H]2[C@H]1[C@@H]1[C@H]3C[C@H]3[C@@H]2C12CC2. The van der Waals surface area contributed by atoms with Crippen molar-refractivity contribution >= 4 is 0 Å². The second-order valence-corrected chi connectivity index (χ2v) is 7.54. The standard InChI is InChI=1S/C15H18/c1-2-14(3-4-14)12-8(1)11-9-7-10(9)13(12)15(11)5-6-15/h1-2,8-13H,3-7H2/t8-,9+,10-,11-,12-,13+/m1/s1. The Kier molecular flexibility index (Phi) is 0.787. The molecule has 78 valence electrons. The van der Waals surface area contributed by atoms with E-state index in [-0.39, 0.29) is 0 Å². The topological polar surface area (TPSA) is 0 Å². The molecule has 6 aliphatic carbocycles. The van der Waals surface area contributed by atoms with Crippen LogP contribution in [0.1, 0.15) is 32.1 Å². The van der Waals surface area contributed by atoms with E-state index in [1.54, 1.807) is 32.1 Å². The Morgan fingerprint density at radius 2 is 1.67 bits per heavy atom. The van der Waals surface area contributed by atoms with Crippen molar-refractivity contribution in [2.45, 2.75) is 32.1 Å². The molecule has 5 fully saturated rings. The van der Waals surface area contributed by atoms with Crippen LogP contribution in [-0.4, -0.2) is 0 Å². The van der Waals surface area contributed by atoms with Gasteiger partial charge in [0.2, 0.25) is 0 Å². The van der Waals surface area contributed by atoms with Gasteiger partial charge in [0.1, 0.15) is 0 Å². The van der Waals surface area contributed by atoms with Gasteiger partial charge in [0.15, 0.2) is 0 Å². The van der Waals surface area contributed by atoms with E-state index in [1.165, 1.54) is 23.7 Å². The van der Waals surface area contributed by atoms with Crippen molar-refractivity contribution in [3.05, 3.63) is 12.2 Å². The lowest BCUT2D eigenvalue weighted by atomic mass is 9.75. The highest BCUT2D eigenvalue weighted by Gasteiger charge is 2.82. The predicted octanol–water partition coefficient (Wildman–Crippen LogP) is 3.24. The first-order chi connectivity index (χ1) is 7.36. The molecule has 0 unspecified atom stereocenters. The van der Waals surface area contributed by atoms with E-state index in [4.69, 9.17) is 0 Å². The van der Waals surface area contributed by atoms with Crippen molar-refractivity contribution in [1.82, 2.24) is 0 Å². The minimum Gasteiger partial charge on any atom is -0.0842 e. The van der Waals surface area contributed by atoms with Gasteiger partial charge in [-0.05, 0) is 78.4 Å². The van der Waals surface area contributed by atoms with Crippen LogP contribution in [-0.2, 0) is 0 Å². The molecule has 0 N–H and O–H groups in total. The molecule has 5 saturated carbocycles. The first-order valence-electron chi connectivity index (χ1n) is 7.05. The van der Waals surface area contributed by atoms with Crippen molar-refractivity contribution in [3.63, 3.8) is 0 Å². The van der Waals surface area contributed by atoms with Gasteiger partial charge in [-0.2, -0.15) is 0 Å². The van der Waals surface area contributed by atoms with E-state index in [0.717, 1.165) is 22.7 Å². The van der Waals surface area contributed by atoms with Crippen LogP contribution in [0, 0.1) is 46.3 Å². The number of hydrogen-bond acceptors (Lipinski definition) is 0. The van der Waals surface area contributed by atoms with Crippen molar-refractivity contribution in [1.29, 1.82) is 0 Å². The van der Waals surface area contributed by atoms with Crippen molar-refractivity contribution < 1.29 is 0 Å². The van der Waals surface area contributed by atoms with Crippen molar-refractivity contribution in [2.24, 2.45) is 46.3 Å². The molecule has 0 heteroatoms. The Bertz CT molecular complexity index is 410. The minimum absolute atomic E-state index is 0.771. The highest BCUT2D eigenvalue weighted by atomic mass is 14.9. The summed E-state index contributed by atoms with van der Waals surface area (Å²) < 4.78 is 0. The third kappa shape index (κ3) is 0.531. The van der Waals surface area contributed by atoms with Crippen LogP contribution in [0.3, 0.4) is 0 Å². The number of allylic oxidation sites excluding steroid dienone is 2. The summed E-state index contributed by atoms with van der Waals surface area (Å²) in [6, 6.07) is 0. The molecule has 6 rings (SSSR count). The Hall–Kier alpha value is -0.260. The Morgan fingerprint density at radius 1 is 0.867 bits per heavy atom. The third-order valence-electron chi connectivity index (χ3n) is 7.33. The molecule has 2 bridgehead atoms. The quantitative estimate of drug-likeness (QED) is 0.524. The zero-order valence-corrected chi connectivity index (χ0v) is 9.15. The Balaban J connectivity index is 1.60. The molecule has 0 aromatic rings. The molecule has 0 heterocycles. The molecule has 0 saturated heterocycles. The molecular formula is C15H18. The average molecular weight is 198 g/mol. The van der Waals surface area contributed by atoms with Crippen molar-refractivity contribution in [3.8, 4) is 0 Å². The smallest absolute Gasteiger partial charge is 0.00806 e. The summed E-state index contributed by atoms with van der Waals surface area (Å²) in [7, 11) is 0. The molecule has 6 aliphatic rings. The lowest BCUT2D eigenvalue weighted by Crippen LogP contribution is -2.25. The van der Waals surface area contributed by atoms with Gasteiger partial charge in [-0.25, -0.2) is 0 Å². The second-order valence-electron chi connectivity index (χ2n) is 7.54. The molecule has 15 heavy (non-hydrogen) atoms. The highest BCUT2D eigenvalue weighted by molar-refractivity contribution is 5.37. The van der Waals surface area contributed by atoms with E-state index < -0.39 is 0 Å².